The number of pyridine rings is 1. The van der Waals surface area contributed by atoms with Crippen molar-refractivity contribution in [2.75, 3.05) is 31.1 Å². The number of sulfonamides is 1. The van der Waals surface area contributed by atoms with Gasteiger partial charge >= 0.3 is 11.9 Å². The molecule has 2 aromatic heterocycles. The Hall–Kier alpha value is -2.86. The van der Waals surface area contributed by atoms with Crippen molar-refractivity contribution in [1.82, 2.24) is 13.9 Å². The molecule has 1 aliphatic rings. The van der Waals surface area contributed by atoms with Crippen LogP contribution in [0.5, 0.6) is 0 Å². The molecule has 1 aliphatic heterocycles. The average molecular weight is 470 g/mol. The lowest BCUT2D eigenvalue weighted by molar-refractivity contribution is -0.137. The topological polar surface area (TPSA) is 88.6 Å². The van der Waals surface area contributed by atoms with Crippen molar-refractivity contribution in [2.24, 2.45) is 7.05 Å². The van der Waals surface area contributed by atoms with Crippen LogP contribution in [-0.4, -0.2) is 48.5 Å². The van der Waals surface area contributed by atoms with E-state index in [4.69, 9.17) is 4.42 Å². The van der Waals surface area contributed by atoms with Crippen LogP contribution < -0.4 is 10.7 Å². The van der Waals surface area contributed by atoms with E-state index in [0.717, 1.165) is 12.3 Å². The number of nitrogens with zero attached hydrogens (tertiary/aromatic N) is 4. The molecule has 0 saturated carbocycles. The molecule has 0 N–H and O–H groups in total. The Balaban J connectivity index is 1.58. The van der Waals surface area contributed by atoms with E-state index in [1.54, 1.807) is 11.8 Å². The van der Waals surface area contributed by atoms with Gasteiger partial charge in [0.2, 0.25) is 10.0 Å². The fourth-order valence-electron chi connectivity index (χ4n) is 3.78. The van der Waals surface area contributed by atoms with E-state index in [9.17, 15) is 26.4 Å². The summed E-state index contributed by atoms with van der Waals surface area (Å²) in [5.74, 6) is -0.216. The van der Waals surface area contributed by atoms with Crippen LogP contribution in [0.15, 0.2) is 44.6 Å². The molecule has 1 aromatic carbocycles. The van der Waals surface area contributed by atoms with E-state index >= 15 is 0 Å². The molecule has 1 fully saturated rings. The lowest BCUT2D eigenvalue weighted by atomic mass is 10.2. The van der Waals surface area contributed by atoms with Crippen LogP contribution >= 0.6 is 0 Å². The third-order valence-electron chi connectivity index (χ3n) is 5.56. The van der Waals surface area contributed by atoms with Crippen molar-refractivity contribution < 1.29 is 26.0 Å². The van der Waals surface area contributed by atoms with E-state index in [1.165, 1.54) is 34.1 Å². The summed E-state index contributed by atoms with van der Waals surface area (Å²) in [7, 11) is -2.37. The number of hydrogen-bond acceptors (Lipinski definition) is 6. The van der Waals surface area contributed by atoms with Crippen molar-refractivity contribution in [3.8, 4) is 0 Å². The molecular weight excluding hydrogens is 449 g/mol. The van der Waals surface area contributed by atoms with Gasteiger partial charge in [-0.05, 0) is 43.2 Å². The summed E-state index contributed by atoms with van der Waals surface area (Å²) in [5, 5.41) is 0. The number of oxazole rings is 1. The van der Waals surface area contributed by atoms with E-state index in [0.29, 0.717) is 35.4 Å². The number of hydrogen-bond donors (Lipinski definition) is 0. The quantitative estimate of drug-likeness (QED) is 0.585. The van der Waals surface area contributed by atoms with E-state index in [2.05, 4.69) is 4.98 Å². The fourth-order valence-corrected chi connectivity index (χ4v) is 5.47. The third-order valence-corrected chi connectivity index (χ3v) is 7.60. The van der Waals surface area contributed by atoms with Gasteiger partial charge in [0.25, 0.3) is 0 Å². The summed E-state index contributed by atoms with van der Waals surface area (Å²) in [6.07, 6.45) is -3.21. The standard InChI is InChI=1S/C20H21F3N4O4S/c1-13-10-16-15(25(2)19(28)31-16)11-17(13)32(29,30)27-7-3-6-26(8-9-27)18-5-4-14(12-24-18)20(21,22)23/h4-5,10-12H,3,6-9H2,1-2H3. The minimum atomic E-state index is -4.47. The predicted octanol–water partition coefficient (Wildman–Crippen LogP) is 2.75. The lowest BCUT2D eigenvalue weighted by Crippen LogP contribution is -2.35. The van der Waals surface area contributed by atoms with Gasteiger partial charge in [-0.25, -0.2) is 18.2 Å². The molecule has 8 nitrogen and oxygen atoms in total. The first-order valence-corrected chi connectivity index (χ1v) is 11.3. The number of benzene rings is 1. The minimum Gasteiger partial charge on any atom is -0.408 e. The van der Waals surface area contributed by atoms with Crippen LogP contribution in [0.3, 0.4) is 0 Å². The average Bonchev–Trinajstić information content (AvgIpc) is 2.90. The van der Waals surface area contributed by atoms with Crippen LogP contribution in [-0.2, 0) is 23.2 Å². The molecule has 0 spiro atoms. The van der Waals surface area contributed by atoms with Gasteiger partial charge in [-0.1, -0.05) is 0 Å². The van der Waals surface area contributed by atoms with E-state index < -0.39 is 27.5 Å². The highest BCUT2D eigenvalue weighted by molar-refractivity contribution is 7.89. The SMILES string of the molecule is Cc1cc2oc(=O)n(C)c2cc1S(=O)(=O)N1CCCN(c2ccc(C(F)(F)F)cn2)CC1. The van der Waals surface area contributed by atoms with Crippen LogP contribution in [0, 0.1) is 6.92 Å². The normalized spacial score (nSPS) is 16.5. The summed E-state index contributed by atoms with van der Waals surface area (Å²) in [6.45, 7) is 2.77. The molecule has 0 radical (unpaired) electrons. The molecule has 12 heteroatoms. The first kappa shape index (κ1) is 22.3. The fraction of sp³-hybridized carbons (Fsp3) is 0.400. The molecule has 3 aromatic rings. The van der Waals surface area contributed by atoms with Crippen LogP contribution in [0.25, 0.3) is 11.1 Å². The van der Waals surface area contributed by atoms with Crippen molar-refractivity contribution in [1.29, 1.82) is 0 Å². The number of halogens is 3. The number of anilines is 1. The molecule has 0 aliphatic carbocycles. The Morgan fingerprint density at radius 2 is 1.84 bits per heavy atom. The number of aromatic nitrogens is 2. The van der Waals surface area contributed by atoms with Crippen LogP contribution in [0.1, 0.15) is 17.5 Å². The summed E-state index contributed by atoms with van der Waals surface area (Å²) >= 11 is 0. The number of alkyl halides is 3. The zero-order valence-electron chi connectivity index (χ0n) is 17.4. The molecule has 0 bridgehead atoms. The first-order valence-electron chi connectivity index (χ1n) is 9.87. The van der Waals surface area contributed by atoms with Gasteiger partial charge in [0.1, 0.15) is 5.82 Å². The van der Waals surface area contributed by atoms with Gasteiger partial charge < -0.3 is 9.32 Å². The molecule has 3 heterocycles. The largest absolute Gasteiger partial charge is 0.419 e. The molecule has 0 unspecified atom stereocenters. The maximum Gasteiger partial charge on any atom is 0.419 e. The highest BCUT2D eigenvalue weighted by Gasteiger charge is 2.32. The molecule has 4 rings (SSSR count). The molecular formula is C20H21F3N4O4S. The Labute approximate surface area is 181 Å². The number of aryl methyl sites for hydroxylation is 2. The summed E-state index contributed by atoms with van der Waals surface area (Å²) < 4.78 is 72.8. The maximum atomic E-state index is 13.4. The van der Waals surface area contributed by atoms with Crippen molar-refractivity contribution in [3.05, 3.63) is 52.1 Å². The highest BCUT2D eigenvalue weighted by Crippen LogP contribution is 2.30. The van der Waals surface area contributed by atoms with Gasteiger partial charge in [-0.2, -0.15) is 17.5 Å². The van der Waals surface area contributed by atoms with Gasteiger partial charge in [0, 0.05) is 39.4 Å². The molecule has 0 atom stereocenters. The second kappa shape index (κ2) is 7.93. The Kier molecular flexibility index (Phi) is 5.53. The monoisotopic (exact) mass is 470 g/mol. The first-order chi connectivity index (χ1) is 15.0. The van der Waals surface area contributed by atoms with Crippen molar-refractivity contribution in [2.45, 2.75) is 24.4 Å². The Morgan fingerprint density at radius 3 is 2.50 bits per heavy atom. The van der Waals surface area contributed by atoms with Crippen molar-refractivity contribution >= 4 is 26.9 Å². The molecule has 0 amide bonds. The zero-order valence-corrected chi connectivity index (χ0v) is 18.2. The summed E-state index contributed by atoms with van der Waals surface area (Å²) in [6, 6.07) is 5.23. The van der Waals surface area contributed by atoms with Gasteiger partial charge in [0.15, 0.2) is 5.58 Å². The maximum absolute atomic E-state index is 13.4. The Bertz CT molecular complexity index is 1310. The lowest BCUT2D eigenvalue weighted by Gasteiger charge is -2.23. The zero-order chi connectivity index (χ0) is 23.3. The van der Waals surface area contributed by atoms with Crippen LogP contribution in [0.4, 0.5) is 19.0 Å². The van der Waals surface area contributed by atoms with Crippen LogP contribution in [0.2, 0.25) is 0 Å². The minimum absolute atomic E-state index is 0.0857. The van der Waals surface area contributed by atoms with Gasteiger partial charge in [-0.3, -0.25) is 4.57 Å². The van der Waals surface area contributed by atoms with Gasteiger partial charge in [-0.15, -0.1) is 0 Å². The third kappa shape index (κ3) is 3.99. The van der Waals surface area contributed by atoms with Crippen molar-refractivity contribution in [3.63, 3.8) is 0 Å². The van der Waals surface area contributed by atoms with E-state index in [1.807, 2.05) is 0 Å². The van der Waals surface area contributed by atoms with E-state index in [-0.39, 0.29) is 24.5 Å². The number of rotatable bonds is 3. The predicted molar refractivity (Wildman–Crippen MR) is 111 cm³/mol. The second-order valence-corrected chi connectivity index (χ2v) is 9.57. The molecule has 1 saturated heterocycles. The molecule has 32 heavy (non-hydrogen) atoms. The highest BCUT2D eigenvalue weighted by atomic mass is 32.2. The number of fused-ring (bicyclic) bond motifs is 1. The second-order valence-electron chi connectivity index (χ2n) is 7.66. The molecule has 172 valence electrons. The smallest absolute Gasteiger partial charge is 0.408 e. The van der Waals surface area contributed by atoms with Gasteiger partial charge in [0.05, 0.1) is 16.0 Å². The Morgan fingerprint density at radius 1 is 1.09 bits per heavy atom. The summed E-state index contributed by atoms with van der Waals surface area (Å²) in [5.41, 5.74) is 0.311. The summed E-state index contributed by atoms with van der Waals surface area (Å²) in [4.78, 5) is 17.5.